The van der Waals surface area contributed by atoms with Crippen LogP contribution in [0.25, 0.3) is 0 Å². The van der Waals surface area contributed by atoms with Gasteiger partial charge in [-0.15, -0.1) is 0 Å². The molecule has 0 saturated heterocycles. The third kappa shape index (κ3) is 2.86. The van der Waals surface area contributed by atoms with Crippen molar-refractivity contribution in [2.24, 2.45) is 5.73 Å². The molecule has 0 unspecified atom stereocenters. The van der Waals surface area contributed by atoms with E-state index in [0.717, 1.165) is 12.3 Å². The molecule has 2 heterocycles. The molecule has 7 heteroatoms. The fraction of sp³-hybridized carbons (Fsp3) is 0.273. The maximum atomic E-state index is 12.3. The van der Waals surface area contributed by atoms with Crippen molar-refractivity contribution in [2.75, 3.05) is 0 Å². The van der Waals surface area contributed by atoms with Crippen LogP contribution in [0.3, 0.4) is 0 Å². The molecule has 0 spiro atoms. The lowest BCUT2D eigenvalue weighted by Crippen LogP contribution is -2.08. The highest BCUT2D eigenvalue weighted by molar-refractivity contribution is 5.16. The molecule has 0 amide bonds. The molecule has 0 saturated carbocycles. The second kappa shape index (κ2) is 4.77. The summed E-state index contributed by atoms with van der Waals surface area (Å²) in [5.74, 6) is 0. The maximum absolute atomic E-state index is 12.3. The topological polar surface area (TPSA) is 56.7 Å². The lowest BCUT2D eigenvalue weighted by molar-refractivity contribution is -0.141. The Balaban J connectivity index is 2.13. The lowest BCUT2D eigenvalue weighted by Gasteiger charge is -2.06. The summed E-state index contributed by atoms with van der Waals surface area (Å²) in [4.78, 5) is 3.34. The SMILES string of the molecule is [2H]C([2H])(N)c1cnn(Cc2ccc(C(F)(F)F)nc2)c1. The number of nitrogens with two attached hydrogens (primary N) is 1. The van der Waals surface area contributed by atoms with Crippen molar-refractivity contribution in [3.05, 3.63) is 47.5 Å². The van der Waals surface area contributed by atoms with Crippen molar-refractivity contribution in [1.82, 2.24) is 14.8 Å². The molecule has 0 fully saturated rings. The van der Waals surface area contributed by atoms with Crippen LogP contribution in [-0.2, 0) is 19.2 Å². The van der Waals surface area contributed by atoms with Gasteiger partial charge in [0.1, 0.15) is 5.69 Å². The van der Waals surface area contributed by atoms with E-state index in [1.165, 1.54) is 23.1 Å². The monoisotopic (exact) mass is 258 g/mol. The van der Waals surface area contributed by atoms with Gasteiger partial charge in [0.2, 0.25) is 0 Å². The Labute approximate surface area is 104 Å². The Morgan fingerprint density at radius 1 is 1.28 bits per heavy atom. The summed E-state index contributed by atoms with van der Waals surface area (Å²) < 4.78 is 53.0. The van der Waals surface area contributed by atoms with Gasteiger partial charge in [-0.3, -0.25) is 9.67 Å². The van der Waals surface area contributed by atoms with Crippen molar-refractivity contribution in [1.29, 1.82) is 0 Å². The van der Waals surface area contributed by atoms with Crippen LogP contribution in [0.15, 0.2) is 30.7 Å². The van der Waals surface area contributed by atoms with E-state index in [9.17, 15) is 13.2 Å². The highest BCUT2D eigenvalue weighted by Crippen LogP contribution is 2.27. The minimum atomic E-state index is -4.47. The smallest absolute Gasteiger partial charge is 0.326 e. The average molecular weight is 258 g/mol. The molecule has 0 aliphatic heterocycles. The highest BCUT2D eigenvalue weighted by atomic mass is 19.4. The number of alkyl halides is 3. The van der Waals surface area contributed by atoms with Crippen molar-refractivity contribution in [3.63, 3.8) is 0 Å². The first-order valence-electron chi connectivity index (χ1n) is 6.00. The maximum Gasteiger partial charge on any atom is 0.433 e. The summed E-state index contributed by atoms with van der Waals surface area (Å²) in [6.07, 6.45) is -0.677. The largest absolute Gasteiger partial charge is 0.433 e. The zero-order valence-corrected chi connectivity index (χ0v) is 9.15. The van der Waals surface area contributed by atoms with Gasteiger partial charge in [0, 0.05) is 27.2 Å². The quantitative estimate of drug-likeness (QED) is 0.913. The summed E-state index contributed by atoms with van der Waals surface area (Å²) in [7, 11) is 0. The average Bonchev–Trinajstić information content (AvgIpc) is 2.77. The fourth-order valence-corrected chi connectivity index (χ4v) is 1.40. The van der Waals surface area contributed by atoms with Gasteiger partial charge in [0.05, 0.1) is 12.7 Å². The van der Waals surface area contributed by atoms with E-state index in [1.54, 1.807) is 0 Å². The number of rotatable bonds is 3. The van der Waals surface area contributed by atoms with Gasteiger partial charge in [-0.2, -0.15) is 18.3 Å². The van der Waals surface area contributed by atoms with E-state index in [4.69, 9.17) is 8.48 Å². The molecule has 2 N–H and O–H groups in total. The Kier molecular flexibility index (Phi) is 2.67. The van der Waals surface area contributed by atoms with Gasteiger partial charge in [-0.25, -0.2) is 0 Å². The third-order valence-corrected chi connectivity index (χ3v) is 2.26. The zero-order chi connectivity index (χ0) is 15.0. The first-order chi connectivity index (χ1) is 9.16. The minimum Gasteiger partial charge on any atom is -0.326 e. The van der Waals surface area contributed by atoms with Crippen LogP contribution in [0.5, 0.6) is 0 Å². The molecule has 4 nitrogen and oxygen atoms in total. The van der Waals surface area contributed by atoms with E-state index in [1.807, 2.05) is 0 Å². The molecule has 2 aromatic rings. The second-order valence-corrected chi connectivity index (χ2v) is 3.62. The van der Waals surface area contributed by atoms with Gasteiger partial charge in [0.15, 0.2) is 0 Å². The zero-order valence-electron chi connectivity index (χ0n) is 11.1. The molecule has 0 radical (unpaired) electrons. The van der Waals surface area contributed by atoms with Crippen molar-refractivity contribution in [3.8, 4) is 0 Å². The van der Waals surface area contributed by atoms with Gasteiger partial charge in [-0.05, 0) is 11.6 Å². The molecular weight excluding hydrogens is 245 g/mol. The van der Waals surface area contributed by atoms with Gasteiger partial charge >= 0.3 is 6.18 Å². The normalized spacial score (nSPS) is 14.2. The first-order valence-corrected chi connectivity index (χ1v) is 5.00. The third-order valence-electron chi connectivity index (χ3n) is 2.26. The van der Waals surface area contributed by atoms with Crippen LogP contribution in [-0.4, -0.2) is 14.8 Å². The number of pyridine rings is 1. The summed E-state index contributed by atoms with van der Waals surface area (Å²) in [6, 6.07) is 2.19. The number of nitrogens with zero attached hydrogens (tertiary/aromatic N) is 3. The van der Waals surface area contributed by atoms with Gasteiger partial charge in [0.25, 0.3) is 0 Å². The Morgan fingerprint density at radius 2 is 2.06 bits per heavy atom. The van der Waals surface area contributed by atoms with Crippen LogP contribution in [0, 0.1) is 0 Å². The molecule has 0 aliphatic carbocycles. The molecule has 2 rings (SSSR count). The first kappa shape index (κ1) is 10.1. The van der Waals surface area contributed by atoms with E-state index >= 15 is 0 Å². The number of halogens is 3. The van der Waals surface area contributed by atoms with E-state index in [0.29, 0.717) is 5.56 Å². The van der Waals surface area contributed by atoms with Crippen molar-refractivity contribution >= 4 is 0 Å². The molecule has 0 aromatic carbocycles. The predicted molar refractivity (Wildman–Crippen MR) is 58.5 cm³/mol. The Bertz CT molecular complexity index is 587. The molecule has 0 aliphatic rings. The molecular formula is C11H11F3N4. The summed E-state index contributed by atoms with van der Waals surface area (Å²) >= 11 is 0. The lowest BCUT2D eigenvalue weighted by atomic mass is 10.2. The van der Waals surface area contributed by atoms with Crippen molar-refractivity contribution < 1.29 is 15.9 Å². The van der Waals surface area contributed by atoms with E-state index in [2.05, 4.69) is 10.1 Å². The van der Waals surface area contributed by atoms with Crippen LogP contribution in [0.2, 0.25) is 0 Å². The molecule has 18 heavy (non-hydrogen) atoms. The van der Waals surface area contributed by atoms with E-state index < -0.39 is 18.4 Å². The fourth-order valence-electron chi connectivity index (χ4n) is 1.40. The minimum absolute atomic E-state index is 0.182. The van der Waals surface area contributed by atoms with Crippen molar-refractivity contribution in [2.45, 2.75) is 19.2 Å². The number of aromatic nitrogens is 3. The summed E-state index contributed by atoms with van der Waals surface area (Å²) in [5, 5.41) is 3.90. The van der Waals surface area contributed by atoms with Gasteiger partial charge in [-0.1, -0.05) is 6.07 Å². The summed E-state index contributed by atoms with van der Waals surface area (Å²) in [6.45, 7) is -1.82. The standard InChI is InChI=1S/C11H11F3N4/c12-11(13,14)10-2-1-8(4-16-10)6-18-7-9(3-15)5-17-18/h1-2,4-5,7H,3,6,15H2/i3D2. The molecule has 96 valence electrons. The summed E-state index contributed by atoms with van der Waals surface area (Å²) in [5.41, 5.74) is 5.03. The molecule has 0 atom stereocenters. The highest BCUT2D eigenvalue weighted by Gasteiger charge is 2.31. The number of hydrogen-bond donors (Lipinski definition) is 1. The molecule has 2 aromatic heterocycles. The van der Waals surface area contributed by atoms with E-state index in [-0.39, 0.29) is 12.1 Å². The Hall–Kier alpha value is -1.89. The van der Waals surface area contributed by atoms with Gasteiger partial charge < -0.3 is 5.73 Å². The predicted octanol–water partition coefficient (Wildman–Crippen LogP) is 1.80. The van der Waals surface area contributed by atoms with Crippen LogP contribution >= 0.6 is 0 Å². The number of hydrogen-bond acceptors (Lipinski definition) is 3. The van der Waals surface area contributed by atoms with Crippen LogP contribution in [0.4, 0.5) is 13.2 Å². The Morgan fingerprint density at radius 3 is 2.56 bits per heavy atom. The molecule has 0 bridgehead atoms. The van der Waals surface area contributed by atoms with Crippen LogP contribution in [0.1, 0.15) is 19.6 Å². The second-order valence-electron chi connectivity index (χ2n) is 3.62. The van der Waals surface area contributed by atoms with Crippen LogP contribution < -0.4 is 5.73 Å².